The number of fused-ring (bicyclic) bond motifs is 1. The summed E-state index contributed by atoms with van der Waals surface area (Å²) < 4.78 is 96.7. The van der Waals surface area contributed by atoms with Crippen LogP contribution in [0.25, 0.3) is 22.2 Å². The first-order valence-electron chi connectivity index (χ1n) is 13.2. The van der Waals surface area contributed by atoms with Gasteiger partial charge in [-0.25, -0.2) is 9.37 Å². The van der Waals surface area contributed by atoms with Crippen LogP contribution in [-0.4, -0.2) is 33.6 Å². The van der Waals surface area contributed by atoms with E-state index in [0.717, 1.165) is 9.58 Å². The van der Waals surface area contributed by atoms with Crippen molar-refractivity contribution in [2.75, 3.05) is 11.9 Å². The van der Waals surface area contributed by atoms with Crippen LogP contribution in [-0.2, 0) is 22.6 Å². The fourth-order valence-electron chi connectivity index (χ4n) is 5.04. The zero-order valence-corrected chi connectivity index (χ0v) is 23.4. The highest BCUT2D eigenvalue weighted by Crippen LogP contribution is 2.42. The Hall–Kier alpha value is -4.29. The Bertz CT molecular complexity index is 1740. The predicted molar refractivity (Wildman–Crippen MR) is 144 cm³/mol. The Morgan fingerprint density at radius 3 is 2.02 bits per heavy atom. The number of hydrogen-bond donors (Lipinski definition) is 0. The number of aryl methyl sites for hydroxylation is 1. The maximum atomic E-state index is 14.0. The summed E-state index contributed by atoms with van der Waals surface area (Å²) in [5.41, 5.74) is -3.90. The third-order valence-corrected chi connectivity index (χ3v) is 7.68. The minimum Gasteiger partial charge on any atom is -0.313 e. The van der Waals surface area contributed by atoms with Gasteiger partial charge in [-0.2, -0.15) is 36.1 Å². The summed E-state index contributed by atoms with van der Waals surface area (Å²) in [6.45, 7) is 4.08. The highest BCUT2D eigenvalue weighted by molar-refractivity contribution is 6.09. The molecule has 1 aliphatic rings. The lowest BCUT2D eigenvalue weighted by Crippen LogP contribution is -2.42. The van der Waals surface area contributed by atoms with E-state index >= 15 is 0 Å². The summed E-state index contributed by atoms with van der Waals surface area (Å²) >= 11 is 0. The van der Waals surface area contributed by atoms with E-state index < -0.39 is 46.2 Å². The molecule has 226 valence electrons. The van der Waals surface area contributed by atoms with Crippen molar-refractivity contribution < 1.29 is 40.3 Å². The van der Waals surface area contributed by atoms with Crippen molar-refractivity contribution in [3.05, 3.63) is 76.9 Å². The van der Waals surface area contributed by atoms with Gasteiger partial charge in [0.15, 0.2) is 5.65 Å². The molecule has 0 unspecified atom stereocenters. The minimum atomic E-state index is -5.10. The average molecular weight is 607 g/mol. The van der Waals surface area contributed by atoms with Crippen molar-refractivity contribution in [1.29, 1.82) is 0 Å². The van der Waals surface area contributed by atoms with E-state index in [9.17, 15) is 40.3 Å². The number of aromatic nitrogens is 3. The maximum absolute atomic E-state index is 14.0. The lowest BCUT2D eigenvalue weighted by atomic mass is 9.81. The molecule has 0 atom stereocenters. The van der Waals surface area contributed by atoms with Crippen LogP contribution < -0.4 is 4.90 Å². The number of likely N-dealkylation sites (N-methyl/N-ethyl adjacent to an activating group) is 1. The molecule has 2 heterocycles. The largest absolute Gasteiger partial charge is 0.416 e. The molecule has 43 heavy (non-hydrogen) atoms. The van der Waals surface area contributed by atoms with Gasteiger partial charge >= 0.3 is 12.4 Å². The lowest BCUT2D eigenvalue weighted by Gasteiger charge is -2.32. The average Bonchev–Trinajstić information content (AvgIpc) is 3.69. The van der Waals surface area contributed by atoms with Crippen LogP contribution in [0.4, 0.5) is 36.4 Å². The quantitative estimate of drug-likeness (QED) is 0.220. The molecule has 0 aliphatic heterocycles. The number of anilines is 1. The Labute approximate surface area is 241 Å². The van der Waals surface area contributed by atoms with Gasteiger partial charge in [0.25, 0.3) is 5.91 Å². The van der Waals surface area contributed by atoms with Crippen LogP contribution in [0.2, 0.25) is 0 Å². The standard InChI is InChI=1S/C30H25F7N4O2/c1-15-9-20(31)7-8-21(15)24-22-13-39-41(26(42)16-5-6-16)25(22)38-14-23(24)40(4)27(43)28(2,3)17-10-18(29(32,33)34)12-19(11-17)30(35,36)37/h7-14,16H,5-6H2,1-4H3. The van der Waals surface area contributed by atoms with Gasteiger partial charge in [-0.05, 0) is 80.6 Å². The number of pyridine rings is 1. The maximum Gasteiger partial charge on any atom is 0.416 e. The Morgan fingerprint density at radius 2 is 1.49 bits per heavy atom. The van der Waals surface area contributed by atoms with Crippen LogP contribution in [0, 0.1) is 18.7 Å². The normalized spacial score (nSPS) is 14.3. The van der Waals surface area contributed by atoms with Crippen molar-refractivity contribution in [2.45, 2.75) is 51.4 Å². The van der Waals surface area contributed by atoms with Crippen LogP contribution in [0.15, 0.2) is 48.8 Å². The van der Waals surface area contributed by atoms with Crippen molar-refractivity contribution in [1.82, 2.24) is 14.8 Å². The molecule has 4 aromatic rings. The summed E-state index contributed by atoms with van der Waals surface area (Å²) in [7, 11) is 1.31. The zero-order chi connectivity index (χ0) is 31.6. The predicted octanol–water partition coefficient (Wildman–Crippen LogP) is 7.57. The smallest absolute Gasteiger partial charge is 0.313 e. The Balaban J connectivity index is 1.67. The van der Waals surface area contributed by atoms with Gasteiger partial charge in [0.1, 0.15) is 5.82 Å². The molecule has 0 saturated heterocycles. The Morgan fingerprint density at radius 1 is 0.907 bits per heavy atom. The molecule has 2 aromatic carbocycles. The lowest BCUT2D eigenvalue weighted by molar-refractivity contribution is -0.143. The molecular formula is C30H25F7N4O2. The highest BCUT2D eigenvalue weighted by Gasteiger charge is 2.41. The molecule has 0 spiro atoms. The van der Waals surface area contributed by atoms with Gasteiger partial charge in [-0.3, -0.25) is 9.59 Å². The molecule has 13 heteroatoms. The first kappa shape index (κ1) is 30.2. The zero-order valence-electron chi connectivity index (χ0n) is 23.4. The molecule has 1 fully saturated rings. The molecule has 2 aromatic heterocycles. The summed E-state index contributed by atoms with van der Waals surface area (Å²) in [5.74, 6) is -1.82. The van der Waals surface area contributed by atoms with E-state index in [2.05, 4.69) is 10.1 Å². The van der Waals surface area contributed by atoms with Crippen molar-refractivity contribution in [2.24, 2.45) is 5.92 Å². The summed E-state index contributed by atoms with van der Waals surface area (Å²) in [5, 5.41) is 4.56. The third kappa shape index (κ3) is 5.48. The molecule has 1 aliphatic carbocycles. The van der Waals surface area contributed by atoms with E-state index in [4.69, 9.17) is 0 Å². The number of nitrogens with zero attached hydrogens (tertiary/aromatic N) is 4. The first-order valence-corrected chi connectivity index (χ1v) is 13.2. The van der Waals surface area contributed by atoms with Crippen LogP contribution >= 0.6 is 0 Å². The van der Waals surface area contributed by atoms with Gasteiger partial charge in [0.05, 0.1) is 34.6 Å². The molecular weight excluding hydrogens is 581 g/mol. The number of amides is 1. The number of halogens is 7. The molecule has 0 bridgehead atoms. The van der Waals surface area contributed by atoms with E-state index in [-0.39, 0.29) is 29.2 Å². The van der Waals surface area contributed by atoms with E-state index in [0.29, 0.717) is 47.1 Å². The second-order valence-corrected chi connectivity index (χ2v) is 11.2. The van der Waals surface area contributed by atoms with Gasteiger partial charge in [-0.15, -0.1) is 0 Å². The monoisotopic (exact) mass is 606 g/mol. The van der Waals surface area contributed by atoms with Crippen molar-refractivity contribution in [3.63, 3.8) is 0 Å². The summed E-state index contributed by atoms with van der Waals surface area (Å²) in [4.78, 5) is 32.2. The fourth-order valence-corrected chi connectivity index (χ4v) is 5.04. The van der Waals surface area contributed by atoms with Crippen molar-refractivity contribution in [3.8, 4) is 11.1 Å². The third-order valence-electron chi connectivity index (χ3n) is 7.68. The summed E-state index contributed by atoms with van der Waals surface area (Å²) in [6, 6.07) is 4.99. The van der Waals surface area contributed by atoms with Crippen LogP contribution in [0.3, 0.4) is 0 Å². The van der Waals surface area contributed by atoms with Gasteiger partial charge in [-0.1, -0.05) is 6.07 Å². The number of rotatable bonds is 5. The SMILES string of the molecule is Cc1cc(F)ccc1-c1c(N(C)C(=O)C(C)(C)c2cc(C(F)(F)F)cc(C(F)(F)F)c2)cnc2c1cnn2C(=O)C1CC1. The fraction of sp³-hybridized carbons (Fsp3) is 0.333. The molecule has 1 amide bonds. The van der Waals surface area contributed by atoms with Gasteiger partial charge in [0.2, 0.25) is 5.91 Å². The van der Waals surface area contributed by atoms with Crippen LogP contribution in [0.5, 0.6) is 0 Å². The Kier molecular flexibility index (Phi) is 7.13. The molecule has 0 N–H and O–H groups in total. The molecule has 6 nitrogen and oxygen atoms in total. The van der Waals surface area contributed by atoms with E-state index in [1.165, 1.54) is 51.5 Å². The molecule has 5 rings (SSSR count). The minimum absolute atomic E-state index is 0.00161. The number of benzene rings is 2. The second-order valence-electron chi connectivity index (χ2n) is 11.2. The van der Waals surface area contributed by atoms with Gasteiger partial charge < -0.3 is 4.90 Å². The number of hydrogen-bond acceptors (Lipinski definition) is 4. The first-order chi connectivity index (χ1) is 19.9. The highest BCUT2D eigenvalue weighted by atomic mass is 19.4. The van der Waals surface area contributed by atoms with E-state index in [1.54, 1.807) is 6.92 Å². The number of carbonyl (C=O) groups is 2. The molecule has 0 radical (unpaired) electrons. The summed E-state index contributed by atoms with van der Waals surface area (Å²) in [6.07, 6.45) is -6.11. The van der Waals surface area contributed by atoms with E-state index in [1.807, 2.05) is 0 Å². The van der Waals surface area contributed by atoms with Crippen LogP contribution in [0.1, 0.15) is 53.7 Å². The number of alkyl halides is 6. The topological polar surface area (TPSA) is 68.1 Å². The second kappa shape index (κ2) is 10.2. The van der Waals surface area contributed by atoms with Crippen molar-refractivity contribution >= 4 is 28.5 Å². The van der Waals surface area contributed by atoms with Gasteiger partial charge in [0, 0.05) is 23.9 Å². The number of carbonyl (C=O) groups excluding carboxylic acids is 2. The molecule has 1 saturated carbocycles.